The third-order valence-electron chi connectivity index (χ3n) is 2.43. The van der Waals surface area contributed by atoms with Crippen LogP contribution in [0.4, 0.5) is 5.69 Å². The maximum atomic E-state index is 11.0. The van der Waals surface area contributed by atoms with E-state index in [-0.39, 0.29) is 18.4 Å². The summed E-state index contributed by atoms with van der Waals surface area (Å²) in [5, 5.41) is 20.1. The summed E-state index contributed by atoms with van der Waals surface area (Å²) in [6, 6.07) is 6.50. The molecule has 0 amide bonds. The average molecular weight is 277 g/mol. The van der Waals surface area contributed by atoms with E-state index in [1.54, 1.807) is 24.3 Å². The number of aliphatic hydroxyl groups excluding tert-OH is 1. The Kier molecular flexibility index (Phi) is 4.06. The highest BCUT2D eigenvalue weighted by Gasteiger charge is 2.25. The molecule has 0 fully saturated rings. The third-order valence-corrected chi connectivity index (χ3v) is 2.43. The molecule has 0 aliphatic carbocycles. The van der Waals surface area contributed by atoms with Crippen molar-refractivity contribution in [3.8, 4) is 17.5 Å². The van der Waals surface area contributed by atoms with Gasteiger partial charge >= 0.3 is 17.4 Å². The predicted molar refractivity (Wildman–Crippen MR) is 67.7 cm³/mol. The largest absolute Gasteiger partial charge is 0.476 e. The molecule has 1 aromatic heterocycles. The van der Waals surface area contributed by atoms with Gasteiger partial charge in [-0.05, 0) is 17.7 Å². The van der Waals surface area contributed by atoms with Crippen molar-refractivity contribution in [2.75, 3.05) is 7.11 Å². The molecule has 0 unspecified atom stereocenters. The Balaban J connectivity index is 2.40. The smallest absolute Gasteiger partial charge is 0.392 e. The first-order valence-electron chi connectivity index (χ1n) is 5.56. The van der Waals surface area contributed by atoms with Crippen molar-refractivity contribution >= 4 is 5.69 Å². The summed E-state index contributed by atoms with van der Waals surface area (Å²) in [7, 11) is 1.27. The molecule has 1 aromatic carbocycles. The second-order valence-electron chi connectivity index (χ2n) is 3.70. The molecule has 1 heterocycles. The van der Waals surface area contributed by atoms with Crippen molar-refractivity contribution in [1.82, 2.24) is 9.97 Å². The van der Waals surface area contributed by atoms with Gasteiger partial charge < -0.3 is 14.6 Å². The number of nitrogens with zero attached hydrogens (tertiary/aromatic N) is 3. The average Bonchev–Trinajstić information content (AvgIpc) is 2.46. The summed E-state index contributed by atoms with van der Waals surface area (Å²) in [5.41, 5.74) is 0.163. The number of rotatable bonds is 5. The molecule has 2 aromatic rings. The van der Waals surface area contributed by atoms with Gasteiger partial charge in [0.05, 0.1) is 18.6 Å². The molecule has 2 rings (SSSR count). The normalized spacial score (nSPS) is 10.1. The maximum absolute atomic E-state index is 11.0. The van der Waals surface area contributed by atoms with Crippen LogP contribution in [0, 0.1) is 10.1 Å². The Morgan fingerprint density at radius 1 is 1.35 bits per heavy atom. The summed E-state index contributed by atoms with van der Waals surface area (Å²) in [6.07, 6.45) is 1.11. The number of aliphatic hydroxyl groups is 1. The van der Waals surface area contributed by atoms with Crippen molar-refractivity contribution in [1.29, 1.82) is 0 Å². The fourth-order valence-electron chi connectivity index (χ4n) is 1.55. The minimum Gasteiger partial charge on any atom is -0.476 e. The Labute approximate surface area is 113 Å². The third kappa shape index (κ3) is 2.81. The molecule has 0 aliphatic rings. The summed E-state index contributed by atoms with van der Waals surface area (Å²) in [5.74, 6) is -0.0874. The lowest BCUT2D eigenvalue weighted by molar-refractivity contribution is -0.387. The van der Waals surface area contributed by atoms with Gasteiger partial charge in [0.25, 0.3) is 0 Å². The zero-order chi connectivity index (χ0) is 14.5. The SMILES string of the molecule is COc1ncnc(Oc2cccc(CO)c2)c1[N+](=O)[O-]. The fourth-order valence-corrected chi connectivity index (χ4v) is 1.55. The molecule has 0 saturated carbocycles. The second kappa shape index (κ2) is 5.93. The monoisotopic (exact) mass is 277 g/mol. The van der Waals surface area contributed by atoms with Crippen LogP contribution in [0.3, 0.4) is 0 Å². The topological polar surface area (TPSA) is 108 Å². The number of nitro groups is 1. The van der Waals surface area contributed by atoms with Gasteiger partial charge in [0.1, 0.15) is 12.1 Å². The minimum atomic E-state index is -0.677. The number of benzene rings is 1. The van der Waals surface area contributed by atoms with Gasteiger partial charge in [-0.15, -0.1) is 0 Å². The number of ether oxygens (including phenoxy) is 2. The van der Waals surface area contributed by atoms with Crippen LogP contribution >= 0.6 is 0 Å². The van der Waals surface area contributed by atoms with E-state index in [0.717, 1.165) is 6.33 Å². The highest BCUT2D eigenvalue weighted by molar-refractivity contribution is 5.50. The van der Waals surface area contributed by atoms with E-state index in [1.807, 2.05) is 0 Å². The van der Waals surface area contributed by atoms with Crippen LogP contribution < -0.4 is 9.47 Å². The molecule has 8 heteroatoms. The molecule has 0 spiro atoms. The molecule has 104 valence electrons. The molecule has 0 radical (unpaired) electrons. The maximum Gasteiger partial charge on any atom is 0.392 e. The van der Waals surface area contributed by atoms with Crippen molar-refractivity contribution in [2.24, 2.45) is 0 Å². The van der Waals surface area contributed by atoms with Crippen LogP contribution in [0.1, 0.15) is 5.56 Å². The molecule has 0 bridgehead atoms. The minimum absolute atomic E-state index is 0.160. The van der Waals surface area contributed by atoms with Gasteiger partial charge in [0.15, 0.2) is 0 Å². The Bertz CT molecular complexity index is 632. The first-order chi connectivity index (χ1) is 9.65. The zero-order valence-corrected chi connectivity index (χ0v) is 10.5. The Hall–Kier alpha value is -2.74. The van der Waals surface area contributed by atoms with E-state index in [1.165, 1.54) is 7.11 Å². The molecule has 1 N–H and O–H groups in total. The zero-order valence-electron chi connectivity index (χ0n) is 10.5. The highest BCUT2D eigenvalue weighted by Crippen LogP contribution is 2.35. The van der Waals surface area contributed by atoms with Gasteiger partial charge in [-0.2, -0.15) is 9.97 Å². The lowest BCUT2D eigenvalue weighted by atomic mass is 10.2. The summed E-state index contributed by atoms with van der Waals surface area (Å²) < 4.78 is 10.2. The van der Waals surface area contributed by atoms with Gasteiger partial charge in [0.2, 0.25) is 0 Å². The molecular formula is C12H11N3O5. The van der Waals surface area contributed by atoms with Gasteiger partial charge in [0, 0.05) is 0 Å². The van der Waals surface area contributed by atoms with Gasteiger partial charge in [-0.3, -0.25) is 10.1 Å². The highest BCUT2D eigenvalue weighted by atomic mass is 16.6. The number of hydrogen-bond acceptors (Lipinski definition) is 7. The van der Waals surface area contributed by atoms with E-state index >= 15 is 0 Å². The van der Waals surface area contributed by atoms with E-state index in [9.17, 15) is 10.1 Å². The summed E-state index contributed by atoms with van der Waals surface area (Å²) in [6.45, 7) is -0.160. The predicted octanol–water partition coefficient (Wildman–Crippen LogP) is 1.68. The van der Waals surface area contributed by atoms with E-state index in [0.29, 0.717) is 11.3 Å². The van der Waals surface area contributed by atoms with Crippen LogP contribution in [0.5, 0.6) is 17.5 Å². The van der Waals surface area contributed by atoms with Crippen molar-refractivity contribution in [2.45, 2.75) is 6.61 Å². The van der Waals surface area contributed by atoms with Crippen molar-refractivity contribution in [3.63, 3.8) is 0 Å². The molecule has 0 atom stereocenters. The number of methoxy groups -OCH3 is 1. The van der Waals surface area contributed by atoms with E-state index in [4.69, 9.17) is 14.6 Å². The fraction of sp³-hybridized carbons (Fsp3) is 0.167. The van der Waals surface area contributed by atoms with Crippen LogP contribution in [-0.4, -0.2) is 27.1 Å². The molecule has 8 nitrogen and oxygen atoms in total. The number of hydrogen-bond donors (Lipinski definition) is 1. The van der Waals surface area contributed by atoms with Crippen molar-refractivity contribution in [3.05, 3.63) is 46.3 Å². The van der Waals surface area contributed by atoms with Gasteiger partial charge in [-0.1, -0.05) is 12.1 Å². The van der Waals surface area contributed by atoms with E-state index in [2.05, 4.69) is 9.97 Å². The molecular weight excluding hydrogens is 266 g/mol. The van der Waals surface area contributed by atoms with Crippen LogP contribution in [-0.2, 0) is 6.61 Å². The quantitative estimate of drug-likeness (QED) is 0.654. The van der Waals surface area contributed by atoms with Crippen LogP contribution in [0.2, 0.25) is 0 Å². The van der Waals surface area contributed by atoms with Crippen LogP contribution in [0.25, 0.3) is 0 Å². The van der Waals surface area contributed by atoms with Crippen molar-refractivity contribution < 1.29 is 19.5 Å². The Morgan fingerprint density at radius 2 is 2.10 bits per heavy atom. The lowest BCUT2D eigenvalue weighted by Gasteiger charge is -2.07. The standard InChI is InChI=1S/C12H11N3O5/c1-19-11-10(15(17)18)12(14-7-13-11)20-9-4-2-3-8(5-9)6-16/h2-5,7,16H,6H2,1H3. The lowest BCUT2D eigenvalue weighted by Crippen LogP contribution is -2.01. The first-order valence-corrected chi connectivity index (χ1v) is 5.56. The van der Waals surface area contributed by atoms with E-state index < -0.39 is 10.6 Å². The molecule has 20 heavy (non-hydrogen) atoms. The molecule has 0 saturated heterocycles. The van der Waals surface area contributed by atoms with Gasteiger partial charge in [-0.25, -0.2) is 0 Å². The number of aromatic nitrogens is 2. The molecule has 0 aliphatic heterocycles. The Morgan fingerprint density at radius 3 is 2.75 bits per heavy atom. The summed E-state index contributed by atoms with van der Waals surface area (Å²) in [4.78, 5) is 17.8. The second-order valence-corrected chi connectivity index (χ2v) is 3.70. The first kappa shape index (κ1) is 13.7. The summed E-state index contributed by atoms with van der Waals surface area (Å²) >= 11 is 0. The van der Waals surface area contributed by atoms with Crippen LogP contribution in [0.15, 0.2) is 30.6 Å².